The van der Waals surface area contributed by atoms with Gasteiger partial charge in [0, 0.05) is 18.0 Å². The Hall–Kier alpha value is -0.950. The van der Waals surface area contributed by atoms with E-state index < -0.39 is 0 Å². The molecule has 0 N–H and O–H groups in total. The standard InChI is InChI=1S/C13H18ClN3O2S/c1-4-18-9(2)13-15-12(19-16-13)8-17(3)7-10-5-6-11(14)20-10/h5-6,9H,4,7-8H2,1-3H3/t9-/m1/s1. The topological polar surface area (TPSA) is 51.4 Å². The highest BCUT2D eigenvalue weighted by molar-refractivity contribution is 7.16. The van der Waals surface area contributed by atoms with Crippen LogP contribution in [-0.4, -0.2) is 28.7 Å². The second-order valence-electron chi connectivity index (χ2n) is 4.52. The fourth-order valence-corrected chi connectivity index (χ4v) is 2.98. The largest absolute Gasteiger partial charge is 0.371 e. The van der Waals surface area contributed by atoms with Crippen LogP contribution in [-0.2, 0) is 17.8 Å². The van der Waals surface area contributed by atoms with Crippen LogP contribution in [0.3, 0.4) is 0 Å². The van der Waals surface area contributed by atoms with E-state index in [0.717, 1.165) is 10.9 Å². The normalized spacial score (nSPS) is 13.1. The second kappa shape index (κ2) is 7.17. The molecule has 2 aromatic heterocycles. The van der Waals surface area contributed by atoms with Crippen molar-refractivity contribution < 1.29 is 9.26 Å². The molecule has 2 heterocycles. The van der Waals surface area contributed by atoms with Crippen molar-refractivity contribution in [3.63, 3.8) is 0 Å². The molecule has 2 rings (SSSR count). The maximum Gasteiger partial charge on any atom is 0.240 e. The molecule has 0 aromatic carbocycles. The highest BCUT2D eigenvalue weighted by Gasteiger charge is 2.15. The molecule has 2 aromatic rings. The first-order valence-electron chi connectivity index (χ1n) is 6.45. The van der Waals surface area contributed by atoms with Crippen LogP contribution < -0.4 is 0 Å². The van der Waals surface area contributed by atoms with Crippen molar-refractivity contribution in [3.8, 4) is 0 Å². The molecule has 0 aliphatic heterocycles. The molecular formula is C13H18ClN3O2S. The van der Waals surface area contributed by atoms with Crippen molar-refractivity contribution in [2.75, 3.05) is 13.7 Å². The summed E-state index contributed by atoms with van der Waals surface area (Å²) < 4.78 is 11.5. The number of halogens is 1. The quantitative estimate of drug-likeness (QED) is 0.782. The fraction of sp³-hybridized carbons (Fsp3) is 0.538. The molecule has 0 fully saturated rings. The number of nitrogens with zero attached hydrogens (tertiary/aromatic N) is 3. The van der Waals surface area contributed by atoms with E-state index in [9.17, 15) is 0 Å². The zero-order valence-corrected chi connectivity index (χ0v) is 13.4. The van der Waals surface area contributed by atoms with Crippen LogP contribution in [0.25, 0.3) is 0 Å². The number of hydrogen-bond donors (Lipinski definition) is 0. The van der Waals surface area contributed by atoms with E-state index in [4.69, 9.17) is 20.9 Å². The van der Waals surface area contributed by atoms with Gasteiger partial charge >= 0.3 is 0 Å². The Morgan fingerprint density at radius 3 is 2.90 bits per heavy atom. The average molecular weight is 316 g/mol. The summed E-state index contributed by atoms with van der Waals surface area (Å²) in [4.78, 5) is 7.66. The van der Waals surface area contributed by atoms with E-state index in [2.05, 4.69) is 15.0 Å². The molecule has 5 nitrogen and oxygen atoms in total. The third-order valence-corrected chi connectivity index (χ3v) is 3.94. The molecule has 1 atom stereocenters. The van der Waals surface area contributed by atoms with Gasteiger partial charge in [0.2, 0.25) is 5.89 Å². The first-order chi connectivity index (χ1) is 9.58. The Labute approximate surface area is 127 Å². The van der Waals surface area contributed by atoms with E-state index in [0.29, 0.717) is 24.9 Å². The zero-order chi connectivity index (χ0) is 14.5. The Bertz CT molecular complexity index is 543. The summed E-state index contributed by atoms with van der Waals surface area (Å²) in [6.07, 6.45) is -0.140. The van der Waals surface area contributed by atoms with E-state index in [1.54, 1.807) is 11.3 Å². The van der Waals surface area contributed by atoms with Crippen LogP contribution in [0, 0.1) is 0 Å². The Balaban J connectivity index is 1.89. The Morgan fingerprint density at radius 1 is 1.45 bits per heavy atom. The summed E-state index contributed by atoms with van der Waals surface area (Å²) in [5.41, 5.74) is 0. The fourth-order valence-electron chi connectivity index (χ4n) is 1.81. The number of thiophene rings is 1. The van der Waals surface area contributed by atoms with E-state index in [-0.39, 0.29) is 6.10 Å². The third kappa shape index (κ3) is 4.28. The summed E-state index contributed by atoms with van der Waals surface area (Å²) in [6, 6.07) is 3.93. The van der Waals surface area contributed by atoms with Gasteiger partial charge in [-0.15, -0.1) is 11.3 Å². The van der Waals surface area contributed by atoms with Gasteiger partial charge in [0.15, 0.2) is 5.82 Å². The van der Waals surface area contributed by atoms with Crippen molar-refractivity contribution in [1.82, 2.24) is 15.0 Å². The van der Waals surface area contributed by atoms with Crippen molar-refractivity contribution in [1.29, 1.82) is 0 Å². The molecule has 0 aliphatic rings. The monoisotopic (exact) mass is 315 g/mol. The van der Waals surface area contributed by atoms with Crippen LogP contribution in [0.5, 0.6) is 0 Å². The highest BCUT2D eigenvalue weighted by Crippen LogP contribution is 2.22. The highest BCUT2D eigenvalue weighted by atomic mass is 35.5. The molecule has 7 heteroatoms. The molecule has 0 unspecified atom stereocenters. The van der Waals surface area contributed by atoms with Gasteiger partial charge in [-0.2, -0.15) is 4.98 Å². The minimum absolute atomic E-state index is 0.140. The van der Waals surface area contributed by atoms with Gasteiger partial charge in [-0.05, 0) is 33.0 Å². The zero-order valence-electron chi connectivity index (χ0n) is 11.8. The third-order valence-electron chi connectivity index (χ3n) is 2.72. The predicted molar refractivity (Wildman–Crippen MR) is 78.8 cm³/mol. The van der Waals surface area contributed by atoms with Gasteiger partial charge < -0.3 is 9.26 Å². The van der Waals surface area contributed by atoms with Gasteiger partial charge in [-0.25, -0.2) is 0 Å². The van der Waals surface area contributed by atoms with Gasteiger partial charge in [-0.3, -0.25) is 4.90 Å². The van der Waals surface area contributed by atoms with Gasteiger partial charge in [0.1, 0.15) is 6.10 Å². The number of aromatic nitrogens is 2. The van der Waals surface area contributed by atoms with E-state index in [1.165, 1.54) is 4.88 Å². The van der Waals surface area contributed by atoms with E-state index >= 15 is 0 Å². The molecule has 0 saturated carbocycles. The lowest BCUT2D eigenvalue weighted by Crippen LogP contribution is -2.16. The first-order valence-corrected chi connectivity index (χ1v) is 7.64. The van der Waals surface area contributed by atoms with Crippen LogP contribution in [0.2, 0.25) is 4.34 Å². The van der Waals surface area contributed by atoms with Crippen LogP contribution in [0.15, 0.2) is 16.7 Å². The summed E-state index contributed by atoms with van der Waals surface area (Å²) in [7, 11) is 2.00. The van der Waals surface area contributed by atoms with Crippen LogP contribution in [0.1, 0.15) is 36.5 Å². The minimum Gasteiger partial charge on any atom is -0.371 e. The van der Waals surface area contributed by atoms with Crippen molar-refractivity contribution in [2.45, 2.75) is 33.0 Å². The SMILES string of the molecule is CCO[C@H](C)c1noc(CN(C)Cc2ccc(Cl)s2)n1. The lowest BCUT2D eigenvalue weighted by Gasteiger charge is -2.12. The lowest BCUT2D eigenvalue weighted by atomic mass is 10.4. The lowest BCUT2D eigenvalue weighted by molar-refractivity contribution is 0.0683. The maximum absolute atomic E-state index is 5.92. The molecule has 0 spiro atoms. The first kappa shape index (κ1) is 15.4. The number of rotatable bonds is 7. The molecule has 0 bridgehead atoms. The van der Waals surface area contributed by atoms with Crippen molar-refractivity contribution in [2.24, 2.45) is 0 Å². The Morgan fingerprint density at radius 2 is 2.25 bits per heavy atom. The summed E-state index contributed by atoms with van der Waals surface area (Å²) in [5, 5.41) is 3.94. The molecule has 0 amide bonds. The van der Waals surface area contributed by atoms with Gasteiger partial charge in [-0.1, -0.05) is 16.8 Å². The van der Waals surface area contributed by atoms with Gasteiger partial charge in [0.05, 0.1) is 10.9 Å². The van der Waals surface area contributed by atoms with Crippen molar-refractivity contribution in [3.05, 3.63) is 33.1 Å². The predicted octanol–water partition coefficient (Wildman–Crippen LogP) is 3.51. The molecule has 20 heavy (non-hydrogen) atoms. The number of ether oxygens (including phenoxy) is 1. The van der Waals surface area contributed by atoms with Crippen LogP contribution >= 0.6 is 22.9 Å². The molecule has 110 valence electrons. The average Bonchev–Trinajstić information content (AvgIpc) is 2.99. The molecule has 0 aliphatic carbocycles. The van der Waals surface area contributed by atoms with Gasteiger partial charge in [0.25, 0.3) is 0 Å². The minimum atomic E-state index is -0.140. The summed E-state index contributed by atoms with van der Waals surface area (Å²) in [6.45, 7) is 5.88. The smallest absolute Gasteiger partial charge is 0.240 e. The summed E-state index contributed by atoms with van der Waals surface area (Å²) >= 11 is 7.50. The van der Waals surface area contributed by atoms with E-state index in [1.807, 2.05) is 33.0 Å². The molecular weight excluding hydrogens is 298 g/mol. The van der Waals surface area contributed by atoms with Crippen molar-refractivity contribution >= 4 is 22.9 Å². The maximum atomic E-state index is 5.92. The van der Waals surface area contributed by atoms with Crippen LogP contribution in [0.4, 0.5) is 0 Å². The molecule has 0 radical (unpaired) electrons. The number of hydrogen-bond acceptors (Lipinski definition) is 6. The molecule has 0 saturated heterocycles. The summed E-state index contributed by atoms with van der Waals surface area (Å²) in [5.74, 6) is 1.19. The second-order valence-corrected chi connectivity index (χ2v) is 6.32. The Kier molecular flexibility index (Phi) is 5.54.